The first-order valence-electron chi connectivity index (χ1n) is 19.9. The Morgan fingerprint density at radius 3 is 2.21 bits per heavy atom. The molecule has 0 spiro atoms. The highest BCUT2D eigenvalue weighted by molar-refractivity contribution is 6.01. The number of ketones is 2. The van der Waals surface area contributed by atoms with Crippen molar-refractivity contribution in [2.24, 2.45) is 33.0 Å². The number of amidine groups is 1. The Bertz CT molecular complexity index is 1890. The Morgan fingerprint density at radius 2 is 1.59 bits per heavy atom. The highest BCUT2D eigenvalue weighted by Gasteiger charge is 2.31. The van der Waals surface area contributed by atoms with Crippen LogP contribution in [-0.2, 0) is 20.7 Å². The van der Waals surface area contributed by atoms with Crippen LogP contribution in [0.5, 0.6) is 0 Å². The number of hydrogen-bond acceptors (Lipinski definition) is 9. The summed E-state index contributed by atoms with van der Waals surface area (Å²) in [6, 6.07) is 21.4. The second-order valence-corrected chi connectivity index (χ2v) is 16.5. The molecule has 5 rings (SSSR count). The highest BCUT2D eigenvalue weighted by atomic mass is 16.6. The van der Waals surface area contributed by atoms with E-state index >= 15 is 0 Å². The standard InChI is InChI=1S/C45H58N6O5/c1-30-25-36(40(52)9-7-8-24-51(5)6)20-23-39(30)33-14-10-31(11-15-33)26-37(43(54)49-38-21-18-35(19-22-38)42-47-29-48-50-42)27-41(53)34-16-12-32(13-17-34)28-46-44(55)56-45(2,3)4/h10-11,14-15,18-23,25,32,34,37H,7-9,12-13,16-17,24,26-29H2,1-6H3,(H,46,55)(H,49,54)/t32?,34?,37-/m1/s1. The molecule has 2 amide bonds. The van der Waals surface area contributed by atoms with Gasteiger partial charge in [0.1, 0.15) is 11.4 Å². The summed E-state index contributed by atoms with van der Waals surface area (Å²) in [6.45, 7) is 9.35. The fourth-order valence-corrected chi connectivity index (χ4v) is 7.35. The van der Waals surface area contributed by atoms with Gasteiger partial charge in [0.25, 0.3) is 0 Å². The van der Waals surface area contributed by atoms with Crippen molar-refractivity contribution in [2.45, 2.75) is 91.1 Å². The van der Waals surface area contributed by atoms with E-state index in [0.29, 0.717) is 37.6 Å². The van der Waals surface area contributed by atoms with Gasteiger partial charge in [-0.25, -0.2) is 9.79 Å². The van der Waals surface area contributed by atoms with E-state index in [4.69, 9.17) is 4.74 Å². The topological polar surface area (TPSA) is 142 Å². The third kappa shape index (κ3) is 12.8. The molecule has 1 saturated carbocycles. The van der Waals surface area contributed by atoms with Crippen LogP contribution >= 0.6 is 0 Å². The molecule has 1 atom stereocenters. The zero-order valence-electron chi connectivity index (χ0n) is 33.9. The van der Waals surface area contributed by atoms with Crippen LogP contribution in [0, 0.1) is 24.7 Å². The number of rotatable bonds is 17. The first-order chi connectivity index (χ1) is 26.7. The van der Waals surface area contributed by atoms with Gasteiger partial charge < -0.3 is 20.3 Å². The fraction of sp³-hybridized carbons (Fsp3) is 0.489. The number of amides is 2. The number of nitrogens with one attached hydrogen (secondary N) is 2. The van der Waals surface area contributed by atoms with E-state index < -0.39 is 17.6 Å². The number of benzene rings is 3. The summed E-state index contributed by atoms with van der Waals surface area (Å²) in [5.74, 6) is 0.211. The molecule has 2 aliphatic rings. The largest absolute Gasteiger partial charge is 0.444 e. The average molecular weight is 763 g/mol. The molecule has 0 aromatic heterocycles. The van der Waals surface area contributed by atoms with E-state index in [1.165, 1.54) is 0 Å². The molecule has 298 valence electrons. The number of unbranched alkanes of at least 4 members (excludes halogenated alkanes) is 1. The number of carbonyl (C=O) groups excluding carboxylic acids is 4. The lowest BCUT2D eigenvalue weighted by Crippen LogP contribution is -2.37. The maximum absolute atomic E-state index is 13.9. The van der Waals surface area contributed by atoms with E-state index in [1.54, 1.807) is 0 Å². The molecule has 1 fully saturated rings. The molecule has 3 aromatic rings. The quantitative estimate of drug-likeness (QED) is 0.104. The number of azo groups is 1. The summed E-state index contributed by atoms with van der Waals surface area (Å²) in [4.78, 5) is 59.1. The molecule has 11 heteroatoms. The molecular weight excluding hydrogens is 705 g/mol. The zero-order chi connectivity index (χ0) is 40.2. The predicted molar refractivity (Wildman–Crippen MR) is 221 cm³/mol. The molecule has 1 aliphatic carbocycles. The van der Waals surface area contributed by atoms with Crippen molar-refractivity contribution in [1.29, 1.82) is 0 Å². The zero-order valence-corrected chi connectivity index (χ0v) is 33.9. The van der Waals surface area contributed by atoms with Gasteiger partial charge >= 0.3 is 6.09 Å². The number of aliphatic imine (C=N–C) groups is 1. The monoisotopic (exact) mass is 762 g/mol. The lowest BCUT2D eigenvalue weighted by Gasteiger charge is -2.29. The molecule has 0 unspecified atom stereocenters. The van der Waals surface area contributed by atoms with E-state index in [0.717, 1.165) is 78.5 Å². The summed E-state index contributed by atoms with van der Waals surface area (Å²) in [5.41, 5.74) is 5.70. The Hall–Kier alpha value is -5.03. The van der Waals surface area contributed by atoms with Crippen molar-refractivity contribution in [3.8, 4) is 11.1 Å². The summed E-state index contributed by atoms with van der Waals surface area (Å²) < 4.78 is 5.37. The van der Waals surface area contributed by atoms with Gasteiger partial charge in [-0.3, -0.25) is 14.4 Å². The number of alkyl carbamates (subject to hydrolysis) is 1. The number of Topliss-reactive ketones (excluding diaryl/α,β-unsaturated/α-hetero) is 2. The SMILES string of the molecule is Cc1cc(C(=O)CCCCN(C)C)ccc1-c1ccc(C[C@H](CC(=O)C2CCC(CNC(=O)OC(C)(C)C)CC2)C(=O)Nc2ccc(C3=NCN=N3)cc2)cc1. The second-order valence-electron chi connectivity index (χ2n) is 16.5. The van der Waals surface area contributed by atoms with Crippen molar-refractivity contribution >= 4 is 35.1 Å². The minimum Gasteiger partial charge on any atom is -0.444 e. The number of ether oxygens (including phenoxy) is 1. The van der Waals surface area contributed by atoms with Crippen molar-refractivity contribution in [3.05, 3.63) is 89.0 Å². The molecule has 0 saturated heterocycles. The molecular formula is C45H58N6O5. The average Bonchev–Trinajstić information content (AvgIpc) is 3.71. The van der Waals surface area contributed by atoms with Crippen LogP contribution in [0.2, 0.25) is 0 Å². The van der Waals surface area contributed by atoms with Crippen LogP contribution in [0.25, 0.3) is 11.1 Å². The molecule has 2 N–H and O–H groups in total. The second kappa shape index (κ2) is 19.7. The van der Waals surface area contributed by atoms with Crippen molar-refractivity contribution < 1.29 is 23.9 Å². The first-order valence-corrected chi connectivity index (χ1v) is 19.9. The molecule has 3 aromatic carbocycles. The Kier molecular flexibility index (Phi) is 14.8. The van der Waals surface area contributed by atoms with Gasteiger partial charge in [-0.05, 0) is 152 Å². The molecule has 0 bridgehead atoms. The maximum atomic E-state index is 13.9. The van der Waals surface area contributed by atoms with Crippen LogP contribution in [0.4, 0.5) is 10.5 Å². The van der Waals surface area contributed by atoms with E-state index in [1.807, 2.05) is 109 Å². The number of nitrogens with zero attached hydrogens (tertiary/aromatic N) is 4. The molecule has 56 heavy (non-hydrogen) atoms. The van der Waals surface area contributed by atoms with Gasteiger partial charge in [0.2, 0.25) is 5.91 Å². The first kappa shape index (κ1) is 42.1. The number of hydrogen-bond donors (Lipinski definition) is 2. The Balaban J connectivity index is 1.23. The number of carbonyl (C=O) groups is 4. The minimum absolute atomic E-state index is 0.100. The van der Waals surface area contributed by atoms with Crippen LogP contribution < -0.4 is 10.6 Å². The van der Waals surface area contributed by atoms with Gasteiger partial charge in [-0.15, -0.1) is 5.11 Å². The van der Waals surface area contributed by atoms with E-state index in [-0.39, 0.29) is 35.7 Å². The van der Waals surface area contributed by atoms with Gasteiger partial charge in [0, 0.05) is 48.0 Å². The van der Waals surface area contributed by atoms with Crippen molar-refractivity contribution in [1.82, 2.24) is 10.2 Å². The molecule has 1 aliphatic heterocycles. The molecule has 0 radical (unpaired) electrons. The number of aryl methyl sites for hydroxylation is 1. The third-order valence-corrected chi connectivity index (χ3v) is 10.5. The Labute approximate surface area is 331 Å². The van der Waals surface area contributed by atoms with Crippen molar-refractivity contribution in [3.63, 3.8) is 0 Å². The van der Waals surface area contributed by atoms with Crippen LogP contribution in [0.1, 0.15) is 99.2 Å². The predicted octanol–water partition coefficient (Wildman–Crippen LogP) is 8.83. The fourth-order valence-electron chi connectivity index (χ4n) is 7.35. The van der Waals surface area contributed by atoms with Crippen LogP contribution in [-0.4, -0.2) is 73.8 Å². The molecule has 11 nitrogen and oxygen atoms in total. The van der Waals surface area contributed by atoms with Gasteiger partial charge in [0.05, 0.1) is 0 Å². The van der Waals surface area contributed by atoms with Crippen molar-refractivity contribution in [2.75, 3.05) is 39.2 Å². The summed E-state index contributed by atoms with van der Waals surface area (Å²) in [5, 5.41) is 13.9. The Morgan fingerprint density at radius 1 is 0.893 bits per heavy atom. The lowest BCUT2D eigenvalue weighted by atomic mass is 9.77. The van der Waals surface area contributed by atoms with E-state index in [9.17, 15) is 19.2 Å². The maximum Gasteiger partial charge on any atom is 0.407 e. The number of anilines is 1. The van der Waals surface area contributed by atoms with Crippen LogP contribution in [0.15, 0.2) is 82.0 Å². The van der Waals surface area contributed by atoms with Gasteiger partial charge in [0.15, 0.2) is 18.3 Å². The summed E-state index contributed by atoms with van der Waals surface area (Å²) >= 11 is 0. The summed E-state index contributed by atoms with van der Waals surface area (Å²) in [6.07, 6.45) is 5.63. The molecule has 1 heterocycles. The highest BCUT2D eigenvalue weighted by Crippen LogP contribution is 2.32. The normalized spacial score (nSPS) is 17.3. The summed E-state index contributed by atoms with van der Waals surface area (Å²) in [7, 11) is 4.08. The lowest BCUT2D eigenvalue weighted by molar-refractivity contribution is -0.129. The third-order valence-electron chi connectivity index (χ3n) is 10.5. The van der Waals surface area contributed by atoms with Crippen LogP contribution in [0.3, 0.4) is 0 Å². The van der Waals surface area contributed by atoms with Gasteiger partial charge in [-0.1, -0.05) is 36.4 Å². The minimum atomic E-state index is -0.572. The smallest absolute Gasteiger partial charge is 0.407 e. The van der Waals surface area contributed by atoms with E-state index in [2.05, 4.69) is 30.8 Å². The van der Waals surface area contributed by atoms with Gasteiger partial charge in [-0.2, -0.15) is 5.11 Å².